The molecule has 0 saturated carbocycles. The molecule has 0 fully saturated rings. The molecule has 7 heavy (non-hydrogen) atoms. The van der Waals surface area contributed by atoms with Crippen molar-refractivity contribution in [2.75, 3.05) is 7.18 Å². The summed E-state index contributed by atoms with van der Waals surface area (Å²) < 4.78 is 31.1. The number of hydrogen-bond donors (Lipinski definition) is 0. The first kappa shape index (κ1) is 10.1. The summed E-state index contributed by atoms with van der Waals surface area (Å²) in [5, 5.41) is -3.03. The van der Waals surface area contributed by atoms with E-state index in [9.17, 15) is 13.2 Å². The van der Waals surface area contributed by atoms with Crippen molar-refractivity contribution in [1.29, 1.82) is 0 Å². The van der Waals surface area contributed by atoms with Crippen molar-refractivity contribution in [2.24, 2.45) is 0 Å². The second-order valence-corrected chi connectivity index (χ2v) is 1.44. The summed E-state index contributed by atoms with van der Waals surface area (Å²) in [6, 6.07) is 0. The quantitative estimate of drug-likeness (QED) is 0.447. The van der Waals surface area contributed by atoms with Crippen LogP contribution in [0.5, 0.6) is 0 Å². The molecular formula is C3H6ClF3. The van der Waals surface area contributed by atoms with Gasteiger partial charge in [0.1, 0.15) is 0 Å². The van der Waals surface area contributed by atoms with Gasteiger partial charge in [-0.25, -0.2) is 0 Å². The Morgan fingerprint density at radius 1 is 1.29 bits per heavy atom. The molecule has 46 valence electrons. The Kier molecular flexibility index (Phi) is 6.15. The SMILES string of the molecule is CC(F)(F)Cl.CF. The Hall–Kier alpha value is 0.0800. The van der Waals surface area contributed by atoms with Crippen molar-refractivity contribution in [2.45, 2.75) is 12.3 Å². The van der Waals surface area contributed by atoms with Gasteiger partial charge in [-0.15, -0.1) is 0 Å². The third kappa shape index (κ3) is 15800. The van der Waals surface area contributed by atoms with Crippen LogP contribution >= 0.6 is 11.6 Å². The summed E-state index contributed by atoms with van der Waals surface area (Å²) in [5.41, 5.74) is 0. The van der Waals surface area contributed by atoms with Gasteiger partial charge in [-0.1, -0.05) is 0 Å². The zero-order valence-corrected chi connectivity index (χ0v) is 4.77. The van der Waals surface area contributed by atoms with E-state index < -0.39 is 5.38 Å². The molecule has 0 aliphatic heterocycles. The average molecular weight is 135 g/mol. The van der Waals surface area contributed by atoms with Crippen LogP contribution in [0.3, 0.4) is 0 Å². The molecule has 0 aliphatic rings. The van der Waals surface area contributed by atoms with Crippen LogP contribution in [0.25, 0.3) is 0 Å². The molecule has 0 atom stereocenters. The minimum Gasteiger partial charge on any atom is -0.255 e. The van der Waals surface area contributed by atoms with E-state index in [1.54, 1.807) is 0 Å². The van der Waals surface area contributed by atoms with Crippen molar-refractivity contribution >= 4 is 11.6 Å². The van der Waals surface area contributed by atoms with Crippen molar-refractivity contribution in [3.8, 4) is 0 Å². The van der Waals surface area contributed by atoms with Crippen LogP contribution in [-0.2, 0) is 0 Å². The van der Waals surface area contributed by atoms with E-state index in [2.05, 4.69) is 11.6 Å². The summed E-state index contributed by atoms with van der Waals surface area (Å²) >= 11 is 4.20. The Morgan fingerprint density at radius 2 is 1.29 bits per heavy atom. The van der Waals surface area contributed by atoms with E-state index in [1.807, 2.05) is 0 Å². The molecule has 0 unspecified atom stereocenters. The van der Waals surface area contributed by atoms with Gasteiger partial charge in [-0.05, 0) is 11.6 Å². The highest BCUT2D eigenvalue weighted by Gasteiger charge is 2.12. The molecule has 4 heteroatoms. The van der Waals surface area contributed by atoms with E-state index >= 15 is 0 Å². The van der Waals surface area contributed by atoms with Gasteiger partial charge in [-0.3, -0.25) is 4.39 Å². The zero-order chi connectivity index (χ0) is 6.50. The number of halogens is 4. The second-order valence-electron chi connectivity index (χ2n) is 0.781. The van der Waals surface area contributed by atoms with E-state index in [1.165, 1.54) is 0 Å². The van der Waals surface area contributed by atoms with E-state index in [-0.39, 0.29) is 0 Å². The standard InChI is InChI=1S/C2H3ClF2.CH3F/c1-2(3,4)5;1-2/h1H3;1H3. The zero-order valence-electron chi connectivity index (χ0n) is 4.01. The predicted molar refractivity (Wildman–Crippen MR) is 23.5 cm³/mol. The molecule has 0 aliphatic carbocycles. The molecule has 0 bridgehead atoms. The van der Waals surface area contributed by atoms with Crippen LogP contribution in [0.4, 0.5) is 13.2 Å². The summed E-state index contributed by atoms with van der Waals surface area (Å²) in [5.74, 6) is 0. The average Bonchev–Trinajstić information content (AvgIpc) is 1.36. The van der Waals surface area contributed by atoms with Gasteiger partial charge in [0.2, 0.25) is 0 Å². The lowest BCUT2D eigenvalue weighted by atomic mass is 10.9. The summed E-state index contributed by atoms with van der Waals surface area (Å²) in [6.45, 7) is 0.620. The van der Waals surface area contributed by atoms with Crippen LogP contribution < -0.4 is 0 Å². The summed E-state index contributed by atoms with van der Waals surface area (Å²) in [4.78, 5) is 0. The minimum atomic E-state index is -3.03. The molecule has 0 saturated heterocycles. The van der Waals surface area contributed by atoms with Gasteiger partial charge in [0.05, 0.1) is 7.18 Å². The third-order valence-electron chi connectivity index (χ3n) is 0. The largest absolute Gasteiger partial charge is 0.318 e. The first-order valence-electron chi connectivity index (χ1n) is 1.44. The molecule has 0 spiro atoms. The maximum atomic E-state index is 10.8. The van der Waals surface area contributed by atoms with Crippen LogP contribution in [0.1, 0.15) is 6.92 Å². The van der Waals surface area contributed by atoms with E-state index in [4.69, 9.17) is 0 Å². The maximum Gasteiger partial charge on any atom is 0.318 e. The highest BCUT2D eigenvalue weighted by Crippen LogP contribution is 2.15. The highest BCUT2D eigenvalue weighted by atomic mass is 35.5. The van der Waals surface area contributed by atoms with Crippen LogP contribution in [0, 0.1) is 0 Å². The fraction of sp³-hybridized carbons (Fsp3) is 1.00. The fourth-order valence-corrected chi connectivity index (χ4v) is 0. The van der Waals surface area contributed by atoms with Gasteiger partial charge in [0.15, 0.2) is 0 Å². The highest BCUT2D eigenvalue weighted by molar-refractivity contribution is 6.21. The van der Waals surface area contributed by atoms with Gasteiger partial charge in [0, 0.05) is 6.92 Å². The van der Waals surface area contributed by atoms with Gasteiger partial charge in [-0.2, -0.15) is 8.78 Å². The first-order valence-corrected chi connectivity index (χ1v) is 1.82. The molecule has 0 aromatic carbocycles. The van der Waals surface area contributed by atoms with E-state index in [0.29, 0.717) is 14.1 Å². The lowest BCUT2D eigenvalue weighted by Gasteiger charge is -1.90. The summed E-state index contributed by atoms with van der Waals surface area (Å²) in [7, 11) is 0.500. The fourth-order valence-electron chi connectivity index (χ4n) is 0. The predicted octanol–water partition coefficient (Wildman–Crippen LogP) is 2.42. The van der Waals surface area contributed by atoms with Crippen molar-refractivity contribution in [3.05, 3.63) is 0 Å². The van der Waals surface area contributed by atoms with Crippen molar-refractivity contribution in [3.63, 3.8) is 0 Å². The molecule has 0 aromatic heterocycles. The smallest absolute Gasteiger partial charge is 0.255 e. The Bertz CT molecular complexity index is 25.7. The van der Waals surface area contributed by atoms with Crippen LogP contribution in [0.2, 0.25) is 0 Å². The molecule has 0 heterocycles. The second kappa shape index (κ2) is 4.24. The lowest BCUT2D eigenvalue weighted by molar-refractivity contribution is 0.119. The molecule has 0 radical (unpaired) electrons. The number of alkyl halides is 4. The van der Waals surface area contributed by atoms with Gasteiger partial charge < -0.3 is 0 Å². The summed E-state index contributed by atoms with van der Waals surface area (Å²) in [6.07, 6.45) is 0. The lowest BCUT2D eigenvalue weighted by Crippen LogP contribution is -1.92. The minimum absolute atomic E-state index is 0.500. The first-order chi connectivity index (χ1) is 3.00. The Morgan fingerprint density at radius 3 is 1.29 bits per heavy atom. The van der Waals surface area contributed by atoms with Gasteiger partial charge >= 0.3 is 5.38 Å². The molecule has 0 N–H and O–H groups in total. The van der Waals surface area contributed by atoms with E-state index in [0.717, 1.165) is 0 Å². The maximum absolute atomic E-state index is 10.8. The Balaban J connectivity index is 0. The van der Waals surface area contributed by atoms with Crippen LogP contribution in [-0.4, -0.2) is 12.6 Å². The molecular weight excluding hydrogens is 128 g/mol. The number of hydrogen-bond acceptors (Lipinski definition) is 0. The molecule has 0 amide bonds. The van der Waals surface area contributed by atoms with Crippen LogP contribution in [0.15, 0.2) is 0 Å². The molecule has 0 aromatic rings. The topological polar surface area (TPSA) is 0 Å². The third-order valence-corrected chi connectivity index (χ3v) is 0. The molecule has 0 nitrogen and oxygen atoms in total. The number of rotatable bonds is 0. The molecule has 0 rings (SSSR count). The van der Waals surface area contributed by atoms with Crippen molar-refractivity contribution < 1.29 is 13.2 Å². The van der Waals surface area contributed by atoms with Gasteiger partial charge in [0.25, 0.3) is 0 Å². The Labute approximate surface area is 45.3 Å². The van der Waals surface area contributed by atoms with Crippen molar-refractivity contribution in [1.82, 2.24) is 0 Å². The monoisotopic (exact) mass is 134 g/mol. The normalized spacial score (nSPS) is 9.43.